The smallest absolute Gasteiger partial charge is 0.297 e. The van der Waals surface area contributed by atoms with Gasteiger partial charge in [0.25, 0.3) is 11.8 Å². The highest BCUT2D eigenvalue weighted by atomic mass is 32.1. The Morgan fingerprint density at radius 3 is 2.61 bits per heavy atom. The summed E-state index contributed by atoms with van der Waals surface area (Å²) >= 11 is 1.26. The molecule has 0 aliphatic carbocycles. The van der Waals surface area contributed by atoms with Crippen LogP contribution in [0.5, 0.6) is 0 Å². The fraction of sp³-hybridized carbons (Fsp3) is 0.296. The van der Waals surface area contributed by atoms with Gasteiger partial charge in [0, 0.05) is 18.5 Å². The van der Waals surface area contributed by atoms with Crippen LogP contribution in [-0.4, -0.2) is 28.6 Å². The molecule has 2 aliphatic rings. The number of para-hydroxylation sites is 1. The van der Waals surface area contributed by atoms with Crippen LogP contribution in [0.25, 0.3) is 11.0 Å². The van der Waals surface area contributed by atoms with Gasteiger partial charge in [-0.2, -0.15) is 0 Å². The monoisotopic (exact) mass is 500 g/mol. The maximum Gasteiger partial charge on any atom is 0.297 e. The first-order valence-corrected chi connectivity index (χ1v) is 12.8. The molecule has 2 amide bonds. The van der Waals surface area contributed by atoms with Crippen molar-refractivity contribution in [3.63, 3.8) is 0 Å². The van der Waals surface area contributed by atoms with Gasteiger partial charge in [-0.05, 0) is 38.0 Å². The van der Waals surface area contributed by atoms with Crippen LogP contribution in [0.3, 0.4) is 0 Å². The van der Waals surface area contributed by atoms with Gasteiger partial charge in [0.1, 0.15) is 10.6 Å². The number of carbonyl (C=O) groups is 2. The molecule has 1 unspecified atom stereocenters. The van der Waals surface area contributed by atoms with Gasteiger partial charge in [-0.15, -0.1) is 10.2 Å². The lowest BCUT2D eigenvalue weighted by atomic mass is 9.84. The van der Waals surface area contributed by atoms with Crippen LogP contribution in [0.2, 0.25) is 0 Å². The third-order valence-corrected chi connectivity index (χ3v) is 7.76. The third-order valence-electron chi connectivity index (χ3n) is 6.83. The van der Waals surface area contributed by atoms with Crippen molar-refractivity contribution in [2.45, 2.75) is 39.7 Å². The fourth-order valence-corrected chi connectivity index (χ4v) is 6.46. The van der Waals surface area contributed by atoms with E-state index < -0.39 is 11.4 Å². The molecule has 0 saturated carbocycles. The number of amides is 2. The summed E-state index contributed by atoms with van der Waals surface area (Å²) in [5.74, 6) is -0.735. The second-order valence-electron chi connectivity index (χ2n) is 9.63. The lowest BCUT2D eigenvalue weighted by Gasteiger charge is -2.31. The topological polar surface area (TPSA) is 96.6 Å². The molecular formula is C27H24N4O4S. The second kappa shape index (κ2) is 7.83. The van der Waals surface area contributed by atoms with Gasteiger partial charge >= 0.3 is 0 Å². The summed E-state index contributed by atoms with van der Waals surface area (Å²) in [4.78, 5) is 45.5. The van der Waals surface area contributed by atoms with Crippen molar-refractivity contribution in [1.29, 1.82) is 0 Å². The Kier molecular flexibility index (Phi) is 4.91. The minimum Gasteiger partial charge on any atom is -0.450 e. The summed E-state index contributed by atoms with van der Waals surface area (Å²) in [5.41, 5.74) is 0.333. The Bertz CT molecular complexity index is 1640. The molecule has 4 heterocycles. The van der Waals surface area contributed by atoms with Crippen molar-refractivity contribution >= 4 is 44.9 Å². The predicted octanol–water partition coefficient (Wildman–Crippen LogP) is 4.42. The molecule has 0 saturated heterocycles. The number of hydrogen-bond donors (Lipinski definition) is 0. The van der Waals surface area contributed by atoms with Crippen molar-refractivity contribution in [3.8, 4) is 0 Å². The predicted molar refractivity (Wildman–Crippen MR) is 138 cm³/mol. The standard InChI is InChI=1S/C27H24N4O4S/c1-5-30-18-9-7-6-8-17(18)27(25(30)34)21-22(32)16-13-15(4)10-11-19(16)35-23(21)24(33)31(27)26-29-28-20(36-26)12-14(2)3/h6-11,13-14H,5,12H2,1-4H3. The van der Waals surface area contributed by atoms with Gasteiger partial charge in [0.15, 0.2) is 11.0 Å². The number of carbonyl (C=O) groups excluding carboxylic acids is 2. The molecule has 2 aromatic carbocycles. The first-order chi connectivity index (χ1) is 17.3. The average Bonchev–Trinajstić information content (AvgIpc) is 3.47. The molecule has 2 aliphatic heterocycles. The second-order valence-corrected chi connectivity index (χ2v) is 10.7. The zero-order chi connectivity index (χ0) is 25.4. The fourth-order valence-electron chi connectivity index (χ4n) is 5.36. The van der Waals surface area contributed by atoms with Gasteiger partial charge in [-0.25, -0.2) is 0 Å². The molecule has 1 atom stereocenters. The number of likely N-dealkylation sites (N-methyl/N-ethyl adjacent to an activating group) is 1. The zero-order valence-electron chi connectivity index (χ0n) is 20.4. The Labute approximate surface area is 211 Å². The molecular weight excluding hydrogens is 476 g/mol. The van der Waals surface area contributed by atoms with Crippen LogP contribution >= 0.6 is 11.3 Å². The first-order valence-electron chi connectivity index (χ1n) is 11.9. The highest BCUT2D eigenvalue weighted by Crippen LogP contribution is 2.54. The summed E-state index contributed by atoms with van der Waals surface area (Å²) in [5, 5.41) is 9.99. The Morgan fingerprint density at radius 2 is 1.86 bits per heavy atom. The van der Waals surface area contributed by atoms with E-state index in [0.29, 0.717) is 41.1 Å². The van der Waals surface area contributed by atoms with E-state index >= 15 is 0 Å². The van der Waals surface area contributed by atoms with Crippen LogP contribution < -0.4 is 15.2 Å². The van der Waals surface area contributed by atoms with E-state index in [1.807, 2.05) is 38.1 Å². The molecule has 8 nitrogen and oxygen atoms in total. The van der Waals surface area contributed by atoms with Crippen LogP contribution in [-0.2, 0) is 16.8 Å². The number of rotatable bonds is 4. The Balaban J connectivity index is 1.72. The summed E-state index contributed by atoms with van der Waals surface area (Å²) < 4.78 is 6.09. The van der Waals surface area contributed by atoms with Gasteiger partial charge in [-0.3, -0.25) is 19.3 Å². The quantitative estimate of drug-likeness (QED) is 0.412. The molecule has 9 heteroatoms. The number of nitrogens with zero attached hydrogens (tertiary/aromatic N) is 4. The molecule has 0 N–H and O–H groups in total. The average molecular weight is 501 g/mol. The highest BCUT2D eigenvalue weighted by molar-refractivity contribution is 7.15. The maximum atomic E-state index is 14.4. The normalized spacial score (nSPS) is 18.7. The van der Waals surface area contributed by atoms with Crippen LogP contribution in [0.15, 0.2) is 51.7 Å². The van der Waals surface area contributed by atoms with E-state index in [1.54, 1.807) is 23.1 Å². The van der Waals surface area contributed by atoms with Crippen molar-refractivity contribution in [1.82, 2.24) is 10.2 Å². The van der Waals surface area contributed by atoms with Gasteiger partial charge in [-0.1, -0.05) is 55.0 Å². The molecule has 36 heavy (non-hydrogen) atoms. The summed E-state index contributed by atoms with van der Waals surface area (Å²) in [6.07, 6.45) is 0.686. The van der Waals surface area contributed by atoms with Crippen LogP contribution in [0, 0.1) is 12.8 Å². The number of hydrogen-bond acceptors (Lipinski definition) is 7. The lowest BCUT2D eigenvalue weighted by Crippen LogP contribution is -2.53. The number of anilines is 2. The number of benzene rings is 2. The summed E-state index contributed by atoms with van der Waals surface area (Å²) in [6.45, 7) is 8.28. The Hall–Kier alpha value is -3.85. The summed E-state index contributed by atoms with van der Waals surface area (Å²) in [6, 6.07) is 12.5. The molecule has 2 aromatic heterocycles. The minimum absolute atomic E-state index is 0.0413. The van der Waals surface area contributed by atoms with E-state index in [1.165, 1.54) is 16.2 Å². The van der Waals surface area contributed by atoms with Crippen molar-refractivity contribution < 1.29 is 14.0 Å². The molecule has 0 fully saturated rings. The number of aromatic nitrogens is 2. The van der Waals surface area contributed by atoms with Gasteiger partial charge in [0.05, 0.1) is 16.6 Å². The lowest BCUT2D eigenvalue weighted by molar-refractivity contribution is -0.121. The van der Waals surface area contributed by atoms with Crippen molar-refractivity contribution in [2.24, 2.45) is 5.92 Å². The molecule has 0 radical (unpaired) electrons. The molecule has 182 valence electrons. The first kappa shape index (κ1) is 22.6. The van der Waals surface area contributed by atoms with E-state index in [9.17, 15) is 14.4 Å². The molecule has 0 bridgehead atoms. The SMILES string of the molecule is CCN1C(=O)C2(c3ccccc31)c1c(oc3ccc(C)cc3c1=O)C(=O)N2c1nnc(CC(C)C)s1. The van der Waals surface area contributed by atoms with Crippen molar-refractivity contribution in [3.05, 3.63) is 80.1 Å². The third kappa shape index (κ3) is 2.83. The maximum absolute atomic E-state index is 14.4. The molecule has 1 spiro atoms. The largest absolute Gasteiger partial charge is 0.450 e. The van der Waals surface area contributed by atoms with Crippen LogP contribution in [0.4, 0.5) is 10.8 Å². The van der Waals surface area contributed by atoms with Gasteiger partial charge in [0.2, 0.25) is 10.9 Å². The number of aryl methyl sites for hydroxylation is 1. The summed E-state index contributed by atoms with van der Waals surface area (Å²) in [7, 11) is 0. The van der Waals surface area contributed by atoms with E-state index in [-0.39, 0.29) is 27.8 Å². The van der Waals surface area contributed by atoms with E-state index in [0.717, 1.165) is 10.6 Å². The molecule has 6 rings (SSSR count). The zero-order valence-corrected chi connectivity index (χ0v) is 21.2. The van der Waals surface area contributed by atoms with Crippen LogP contribution in [0.1, 0.15) is 53.0 Å². The highest BCUT2D eigenvalue weighted by Gasteiger charge is 2.66. The van der Waals surface area contributed by atoms with Crippen molar-refractivity contribution in [2.75, 3.05) is 16.3 Å². The van der Waals surface area contributed by atoms with Gasteiger partial charge < -0.3 is 9.32 Å². The minimum atomic E-state index is -1.72. The molecule has 4 aromatic rings. The van der Waals surface area contributed by atoms with E-state index in [4.69, 9.17) is 4.42 Å². The van der Waals surface area contributed by atoms with E-state index in [2.05, 4.69) is 24.0 Å². The Morgan fingerprint density at radius 1 is 1.08 bits per heavy atom. The number of fused-ring (bicyclic) bond motifs is 5.